The molecule has 2 amide bonds. The normalized spacial score (nSPS) is 21.8. The second kappa shape index (κ2) is 6.01. The number of rotatable bonds is 3. The van der Waals surface area contributed by atoms with Crippen LogP contribution in [0.5, 0.6) is 0 Å². The number of urea groups is 1. The maximum Gasteiger partial charge on any atom is 0.317 e. The van der Waals surface area contributed by atoms with E-state index in [4.69, 9.17) is 0 Å². The molecule has 2 rings (SSSR count). The van der Waals surface area contributed by atoms with Crippen LogP contribution in [-0.2, 0) is 9.84 Å². The first-order chi connectivity index (χ1) is 9.78. The molecule has 1 N–H and O–H groups in total. The maximum atomic E-state index is 12.9. The molecule has 1 heterocycles. The zero-order valence-electron chi connectivity index (χ0n) is 12.0. The Hall–Kier alpha value is -1.63. The molecule has 1 aromatic rings. The molecule has 0 bridgehead atoms. The van der Waals surface area contributed by atoms with E-state index in [9.17, 15) is 17.6 Å². The van der Waals surface area contributed by atoms with Crippen molar-refractivity contribution in [1.82, 2.24) is 10.2 Å². The molecule has 2 atom stereocenters. The molecular formula is C14H19FN2O3S. The van der Waals surface area contributed by atoms with E-state index in [0.717, 1.165) is 5.56 Å². The van der Waals surface area contributed by atoms with Gasteiger partial charge in [-0.3, -0.25) is 0 Å². The standard InChI is InChI=1S/C14H19FN2O3S/c1-10(11-3-5-12(15)6-4-11)16-14(18)17(2)13-7-8-21(19,20)9-13/h3-6,10,13H,7-9H2,1-2H3,(H,16,18)/t10-,13-/m1/s1. The number of carbonyl (C=O) groups is 1. The van der Waals surface area contributed by atoms with Crippen molar-refractivity contribution in [1.29, 1.82) is 0 Å². The highest BCUT2D eigenvalue weighted by Crippen LogP contribution is 2.18. The average Bonchev–Trinajstić information content (AvgIpc) is 2.78. The Bertz CT molecular complexity index is 616. The third-order valence-corrected chi connectivity index (χ3v) is 5.54. The molecule has 1 fully saturated rings. The van der Waals surface area contributed by atoms with Crippen molar-refractivity contribution >= 4 is 15.9 Å². The third-order valence-electron chi connectivity index (χ3n) is 3.79. The summed E-state index contributed by atoms with van der Waals surface area (Å²) in [6, 6.07) is 5.01. The summed E-state index contributed by atoms with van der Waals surface area (Å²) in [5.74, 6) is -0.185. The molecule has 5 nitrogen and oxygen atoms in total. The molecule has 7 heteroatoms. The summed E-state index contributed by atoms with van der Waals surface area (Å²) in [7, 11) is -1.43. The Kier molecular flexibility index (Phi) is 4.51. The van der Waals surface area contributed by atoms with Gasteiger partial charge in [0.1, 0.15) is 5.82 Å². The van der Waals surface area contributed by atoms with Gasteiger partial charge in [-0.05, 0) is 31.0 Å². The number of nitrogens with one attached hydrogen (secondary N) is 1. The third kappa shape index (κ3) is 3.93. The van der Waals surface area contributed by atoms with Gasteiger partial charge in [-0.15, -0.1) is 0 Å². The van der Waals surface area contributed by atoms with Crippen LogP contribution in [0.1, 0.15) is 24.9 Å². The number of nitrogens with zero attached hydrogens (tertiary/aromatic N) is 1. The van der Waals surface area contributed by atoms with Crippen LogP contribution in [0.2, 0.25) is 0 Å². The molecule has 1 aliphatic rings. The average molecular weight is 314 g/mol. The number of carbonyl (C=O) groups excluding carboxylic acids is 1. The second-order valence-corrected chi connectivity index (χ2v) is 7.62. The highest BCUT2D eigenvalue weighted by atomic mass is 32.2. The van der Waals surface area contributed by atoms with E-state index >= 15 is 0 Å². The molecule has 116 valence electrons. The fourth-order valence-electron chi connectivity index (χ4n) is 2.37. The van der Waals surface area contributed by atoms with E-state index in [1.807, 2.05) is 0 Å². The molecule has 1 aliphatic heterocycles. The van der Waals surface area contributed by atoms with Crippen molar-refractivity contribution in [2.45, 2.75) is 25.4 Å². The minimum atomic E-state index is -3.02. The fourth-order valence-corrected chi connectivity index (χ4v) is 4.14. The number of sulfone groups is 1. The van der Waals surface area contributed by atoms with Crippen molar-refractivity contribution in [2.24, 2.45) is 0 Å². The highest BCUT2D eigenvalue weighted by Gasteiger charge is 2.33. The lowest BCUT2D eigenvalue weighted by molar-refractivity contribution is 0.192. The smallest absolute Gasteiger partial charge is 0.317 e. The van der Waals surface area contributed by atoms with Gasteiger partial charge in [0, 0.05) is 13.1 Å². The van der Waals surface area contributed by atoms with Crippen LogP contribution in [0.15, 0.2) is 24.3 Å². The van der Waals surface area contributed by atoms with Gasteiger partial charge in [0.05, 0.1) is 17.5 Å². The van der Waals surface area contributed by atoms with Crippen LogP contribution in [0.3, 0.4) is 0 Å². The van der Waals surface area contributed by atoms with Gasteiger partial charge in [0.2, 0.25) is 0 Å². The van der Waals surface area contributed by atoms with E-state index in [1.165, 1.54) is 17.0 Å². The Balaban J connectivity index is 1.96. The summed E-state index contributed by atoms with van der Waals surface area (Å²) < 4.78 is 35.8. The predicted molar refractivity (Wildman–Crippen MR) is 78.2 cm³/mol. The summed E-state index contributed by atoms with van der Waals surface area (Å²) >= 11 is 0. The first-order valence-corrected chi connectivity index (χ1v) is 8.60. The largest absolute Gasteiger partial charge is 0.331 e. The molecule has 1 aromatic carbocycles. The van der Waals surface area contributed by atoms with Crippen LogP contribution in [0, 0.1) is 5.82 Å². The van der Waals surface area contributed by atoms with Crippen LogP contribution >= 0.6 is 0 Å². The molecule has 0 spiro atoms. The predicted octanol–water partition coefficient (Wildman–Crippen LogP) is 1.72. The van der Waals surface area contributed by atoms with Gasteiger partial charge >= 0.3 is 6.03 Å². The van der Waals surface area contributed by atoms with Crippen LogP contribution in [-0.4, -0.2) is 43.9 Å². The topological polar surface area (TPSA) is 66.5 Å². The van der Waals surface area contributed by atoms with Gasteiger partial charge in [0.25, 0.3) is 0 Å². The quantitative estimate of drug-likeness (QED) is 0.924. The number of hydrogen-bond acceptors (Lipinski definition) is 3. The van der Waals surface area contributed by atoms with Crippen LogP contribution < -0.4 is 5.32 Å². The summed E-state index contributed by atoms with van der Waals surface area (Å²) in [5, 5.41) is 2.79. The molecule has 0 unspecified atom stereocenters. The lowest BCUT2D eigenvalue weighted by Crippen LogP contribution is -2.44. The summed E-state index contributed by atoms with van der Waals surface area (Å²) in [4.78, 5) is 13.6. The minimum Gasteiger partial charge on any atom is -0.331 e. The monoisotopic (exact) mass is 314 g/mol. The first-order valence-electron chi connectivity index (χ1n) is 6.78. The summed E-state index contributed by atoms with van der Waals surface area (Å²) in [5.41, 5.74) is 0.789. The molecule has 0 aromatic heterocycles. The second-order valence-electron chi connectivity index (χ2n) is 5.39. The minimum absolute atomic E-state index is 0.0157. The number of hydrogen-bond donors (Lipinski definition) is 1. The Labute approximate surface area is 124 Å². The number of halogens is 1. The van der Waals surface area contributed by atoms with Crippen molar-refractivity contribution < 1.29 is 17.6 Å². The molecule has 0 saturated carbocycles. The Morgan fingerprint density at radius 1 is 1.38 bits per heavy atom. The first kappa shape index (κ1) is 15.8. The Morgan fingerprint density at radius 2 is 2.00 bits per heavy atom. The van der Waals surface area contributed by atoms with Crippen molar-refractivity contribution in [2.75, 3.05) is 18.6 Å². The van der Waals surface area contributed by atoms with Gasteiger partial charge < -0.3 is 10.2 Å². The zero-order valence-corrected chi connectivity index (χ0v) is 12.9. The molecule has 0 radical (unpaired) electrons. The molecule has 1 saturated heterocycles. The molecule has 21 heavy (non-hydrogen) atoms. The summed E-state index contributed by atoms with van der Waals surface area (Å²) in [6.07, 6.45) is 0.469. The summed E-state index contributed by atoms with van der Waals surface area (Å²) in [6.45, 7) is 1.80. The van der Waals surface area contributed by atoms with E-state index in [-0.39, 0.29) is 35.4 Å². The van der Waals surface area contributed by atoms with E-state index < -0.39 is 9.84 Å². The zero-order chi connectivity index (χ0) is 15.6. The number of benzene rings is 1. The van der Waals surface area contributed by atoms with Crippen molar-refractivity contribution in [3.8, 4) is 0 Å². The van der Waals surface area contributed by atoms with Gasteiger partial charge in [0.15, 0.2) is 9.84 Å². The van der Waals surface area contributed by atoms with Crippen molar-refractivity contribution in [3.63, 3.8) is 0 Å². The van der Waals surface area contributed by atoms with E-state index in [1.54, 1.807) is 26.1 Å². The fraction of sp³-hybridized carbons (Fsp3) is 0.500. The molecular weight excluding hydrogens is 295 g/mol. The lowest BCUT2D eigenvalue weighted by Gasteiger charge is -2.26. The SMILES string of the molecule is C[C@@H](NC(=O)N(C)[C@@H]1CCS(=O)(=O)C1)c1ccc(F)cc1. The Morgan fingerprint density at radius 3 is 2.52 bits per heavy atom. The van der Waals surface area contributed by atoms with E-state index in [2.05, 4.69) is 5.32 Å². The molecule has 0 aliphatic carbocycles. The maximum absolute atomic E-state index is 12.9. The lowest BCUT2D eigenvalue weighted by atomic mass is 10.1. The van der Waals surface area contributed by atoms with Crippen LogP contribution in [0.4, 0.5) is 9.18 Å². The van der Waals surface area contributed by atoms with Crippen molar-refractivity contribution in [3.05, 3.63) is 35.6 Å². The number of amides is 2. The van der Waals surface area contributed by atoms with Gasteiger partial charge in [-0.25, -0.2) is 17.6 Å². The van der Waals surface area contributed by atoms with Gasteiger partial charge in [-0.2, -0.15) is 0 Å². The van der Waals surface area contributed by atoms with Crippen LogP contribution in [0.25, 0.3) is 0 Å². The van der Waals surface area contributed by atoms with Gasteiger partial charge in [-0.1, -0.05) is 12.1 Å². The highest BCUT2D eigenvalue weighted by molar-refractivity contribution is 7.91. The van der Waals surface area contributed by atoms with E-state index in [0.29, 0.717) is 6.42 Å².